The molecule has 0 unspecified atom stereocenters. The van der Waals surface area contributed by atoms with Crippen LogP contribution in [0.25, 0.3) is 0 Å². The van der Waals surface area contributed by atoms with Crippen LogP contribution in [0.1, 0.15) is 45.1 Å². The van der Waals surface area contributed by atoms with Crippen molar-refractivity contribution in [2.45, 2.75) is 52.1 Å². The van der Waals surface area contributed by atoms with Gasteiger partial charge in [0.15, 0.2) is 0 Å². The molecular weight excluding hydrogens is 364 g/mol. The molecule has 29 heavy (non-hydrogen) atoms. The maximum absolute atomic E-state index is 13.1. The third-order valence-corrected chi connectivity index (χ3v) is 6.30. The fourth-order valence-electron chi connectivity index (χ4n) is 4.84. The van der Waals surface area contributed by atoms with Gasteiger partial charge in [-0.05, 0) is 68.9 Å². The second-order valence-electron chi connectivity index (χ2n) is 9.10. The van der Waals surface area contributed by atoms with Crippen molar-refractivity contribution in [3.8, 4) is 0 Å². The van der Waals surface area contributed by atoms with E-state index in [0.29, 0.717) is 18.5 Å². The Kier molecular flexibility index (Phi) is 8.45. The van der Waals surface area contributed by atoms with Crippen molar-refractivity contribution in [1.29, 1.82) is 0 Å². The summed E-state index contributed by atoms with van der Waals surface area (Å²) in [4.78, 5) is 24.2. The Hall–Kier alpha value is -1.50. The third kappa shape index (κ3) is 6.49. The number of pyridine rings is 1. The largest absolute Gasteiger partial charge is 0.395 e. The molecule has 3 rings (SSSR count). The molecule has 0 radical (unpaired) electrons. The molecule has 0 spiro atoms. The van der Waals surface area contributed by atoms with Gasteiger partial charge in [-0.15, -0.1) is 0 Å². The maximum atomic E-state index is 13.1. The molecule has 6 heteroatoms. The second kappa shape index (κ2) is 11.0. The Morgan fingerprint density at radius 1 is 1.21 bits per heavy atom. The molecule has 3 heterocycles. The summed E-state index contributed by atoms with van der Waals surface area (Å²) >= 11 is 0. The predicted octanol–water partition coefficient (Wildman–Crippen LogP) is 2.23. The highest BCUT2D eigenvalue weighted by molar-refractivity contribution is 5.79. The lowest BCUT2D eigenvalue weighted by Crippen LogP contribution is -2.51. The molecule has 1 aromatic rings. The van der Waals surface area contributed by atoms with Gasteiger partial charge in [0.1, 0.15) is 0 Å². The van der Waals surface area contributed by atoms with E-state index < -0.39 is 0 Å². The first-order valence-corrected chi connectivity index (χ1v) is 11.3. The van der Waals surface area contributed by atoms with Crippen LogP contribution in [0.15, 0.2) is 24.5 Å². The van der Waals surface area contributed by atoms with Crippen LogP contribution in [-0.2, 0) is 11.3 Å². The van der Waals surface area contributed by atoms with Crippen molar-refractivity contribution in [2.75, 3.05) is 45.9 Å². The average molecular weight is 403 g/mol. The zero-order valence-corrected chi connectivity index (χ0v) is 18.2. The number of hydrogen-bond donors (Lipinski definition) is 1. The topological polar surface area (TPSA) is 59.9 Å². The maximum Gasteiger partial charge on any atom is 0.227 e. The van der Waals surface area contributed by atoms with E-state index in [4.69, 9.17) is 0 Å². The van der Waals surface area contributed by atoms with Crippen LogP contribution in [0, 0.1) is 11.8 Å². The monoisotopic (exact) mass is 402 g/mol. The van der Waals surface area contributed by atoms with Gasteiger partial charge in [0, 0.05) is 44.6 Å². The van der Waals surface area contributed by atoms with Crippen molar-refractivity contribution in [3.63, 3.8) is 0 Å². The van der Waals surface area contributed by atoms with Gasteiger partial charge in [-0.2, -0.15) is 0 Å². The molecule has 1 aromatic heterocycles. The zero-order valence-electron chi connectivity index (χ0n) is 18.2. The molecule has 6 nitrogen and oxygen atoms in total. The van der Waals surface area contributed by atoms with E-state index in [0.717, 1.165) is 52.1 Å². The minimum absolute atomic E-state index is 0.0465. The van der Waals surface area contributed by atoms with Crippen LogP contribution >= 0.6 is 0 Å². The Morgan fingerprint density at radius 2 is 1.93 bits per heavy atom. The van der Waals surface area contributed by atoms with Gasteiger partial charge in [-0.3, -0.25) is 19.6 Å². The van der Waals surface area contributed by atoms with E-state index in [9.17, 15) is 9.90 Å². The van der Waals surface area contributed by atoms with Gasteiger partial charge in [0.05, 0.1) is 12.5 Å². The molecule has 0 aliphatic carbocycles. The summed E-state index contributed by atoms with van der Waals surface area (Å²) in [5.41, 5.74) is 1.33. The number of rotatable bonds is 8. The summed E-state index contributed by atoms with van der Waals surface area (Å²) in [5, 5.41) is 9.37. The highest BCUT2D eigenvalue weighted by Gasteiger charge is 2.33. The zero-order chi connectivity index (χ0) is 20.6. The van der Waals surface area contributed by atoms with Gasteiger partial charge >= 0.3 is 0 Å². The van der Waals surface area contributed by atoms with E-state index in [-0.39, 0.29) is 18.4 Å². The molecule has 2 fully saturated rings. The number of likely N-dealkylation sites (tertiary alicyclic amines) is 2. The number of carbonyl (C=O) groups is 1. The van der Waals surface area contributed by atoms with Crippen molar-refractivity contribution in [2.24, 2.45) is 11.8 Å². The first kappa shape index (κ1) is 22.2. The summed E-state index contributed by atoms with van der Waals surface area (Å²) in [6.07, 6.45) is 8.17. The lowest BCUT2D eigenvalue weighted by molar-refractivity contribution is -0.139. The number of aliphatic hydroxyl groups is 1. The number of nitrogens with zero attached hydrogens (tertiary/aromatic N) is 4. The Bertz CT molecular complexity index is 617. The quantitative estimate of drug-likeness (QED) is 0.723. The molecule has 2 aliphatic rings. The standard InChI is InChI=1S/C23H38N4O2/c1-19(2)16-27(14-15-28)23(29)21-4-3-11-26(18-21)22-7-12-25(13-8-22)17-20-5-9-24-10-6-20/h5-6,9-10,19,21-22,28H,3-4,7-8,11-18H2,1-2H3/t21-/m0/s1. The van der Waals surface area contributed by atoms with E-state index in [1.165, 1.54) is 18.4 Å². The fraction of sp³-hybridized carbons (Fsp3) is 0.739. The van der Waals surface area contributed by atoms with Gasteiger partial charge in [0.25, 0.3) is 0 Å². The van der Waals surface area contributed by atoms with Crippen LogP contribution in [0.2, 0.25) is 0 Å². The van der Waals surface area contributed by atoms with Crippen molar-refractivity contribution in [3.05, 3.63) is 30.1 Å². The van der Waals surface area contributed by atoms with Gasteiger partial charge < -0.3 is 10.0 Å². The summed E-state index contributed by atoms with van der Waals surface area (Å²) < 4.78 is 0. The molecule has 0 bridgehead atoms. The second-order valence-corrected chi connectivity index (χ2v) is 9.10. The van der Waals surface area contributed by atoms with Crippen LogP contribution in [0.5, 0.6) is 0 Å². The molecule has 0 aromatic carbocycles. The van der Waals surface area contributed by atoms with Crippen LogP contribution in [0.3, 0.4) is 0 Å². The molecule has 1 atom stereocenters. The highest BCUT2D eigenvalue weighted by Crippen LogP contribution is 2.26. The minimum atomic E-state index is 0.0465. The number of hydrogen-bond acceptors (Lipinski definition) is 5. The van der Waals surface area contributed by atoms with Gasteiger partial charge in [0.2, 0.25) is 5.91 Å². The molecule has 162 valence electrons. The molecule has 1 amide bonds. The van der Waals surface area contributed by atoms with Crippen LogP contribution in [0.4, 0.5) is 0 Å². The van der Waals surface area contributed by atoms with E-state index in [2.05, 4.69) is 40.8 Å². The lowest BCUT2D eigenvalue weighted by Gasteiger charge is -2.43. The number of piperidine rings is 2. The van der Waals surface area contributed by atoms with E-state index in [1.807, 2.05) is 17.3 Å². The molecular formula is C23H38N4O2. The van der Waals surface area contributed by atoms with Gasteiger partial charge in [-0.25, -0.2) is 0 Å². The van der Waals surface area contributed by atoms with E-state index in [1.54, 1.807) is 0 Å². The summed E-state index contributed by atoms with van der Waals surface area (Å²) in [6, 6.07) is 4.79. The van der Waals surface area contributed by atoms with Crippen LogP contribution in [-0.4, -0.2) is 82.6 Å². The third-order valence-electron chi connectivity index (χ3n) is 6.30. The van der Waals surface area contributed by atoms with Crippen molar-refractivity contribution in [1.82, 2.24) is 19.7 Å². The number of aromatic nitrogens is 1. The summed E-state index contributed by atoms with van der Waals surface area (Å²) in [6.45, 7) is 10.7. The van der Waals surface area contributed by atoms with Crippen molar-refractivity contribution < 1.29 is 9.90 Å². The molecule has 1 N–H and O–H groups in total. The predicted molar refractivity (Wildman–Crippen MR) is 115 cm³/mol. The highest BCUT2D eigenvalue weighted by atomic mass is 16.3. The summed E-state index contributed by atoms with van der Waals surface area (Å²) in [5.74, 6) is 0.756. The SMILES string of the molecule is CC(C)CN(CCO)C(=O)[C@H]1CCCN(C2CCN(Cc3ccncc3)CC2)C1. The first-order valence-electron chi connectivity index (χ1n) is 11.3. The number of aliphatic hydroxyl groups excluding tert-OH is 1. The van der Waals surface area contributed by atoms with Crippen molar-refractivity contribution >= 4 is 5.91 Å². The summed E-state index contributed by atoms with van der Waals surface area (Å²) in [7, 11) is 0. The normalized spacial score (nSPS) is 22.1. The molecule has 2 saturated heterocycles. The average Bonchev–Trinajstić information content (AvgIpc) is 2.74. The Labute approximate surface area is 175 Å². The Balaban J connectivity index is 1.50. The lowest BCUT2D eigenvalue weighted by atomic mass is 9.92. The molecule has 0 saturated carbocycles. The smallest absolute Gasteiger partial charge is 0.227 e. The fourth-order valence-corrected chi connectivity index (χ4v) is 4.84. The minimum Gasteiger partial charge on any atom is -0.395 e. The Morgan fingerprint density at radius 3 is 2.59 bits per heavy atom. The van der Waals surface area contributed by atoms with Crippen LogP contribution < -0.4 is 0 Å². The number of amides is 1. The van der Waals surface area contributed by atoms with E-state index >= 15 is 0 Å². The number of carbonyl (C=O) groups excluding carboxylic acids is 1. The molecule has 2 aliphatic heterocycles. The first-order chi connectivity index (χ1) is 14.1. The van der Waals surface area contributed by atoms with Gasteiger partial charge in [-0.1, -0.05) is 13.8 Å².